The maximum absolute atomic E-state index is 13.2. The van der Waals surface area contributed by atoms with E-state index in [9.17, 15) is 9.59 Å². The summed E-state index contributed by atoms with van der Waals surface area (Å²) in [6, 6.07) is 13.8. The molecule has 0 unspecified atom stereocenters. The zero-order valence-corrected chi connectivity index (χ0v) is 22.0. The van der Waals surface area contributed by atoms with Gasteiger partial charge in [0.1, 0.15) is 12.3 Å². The Morgan fingerprint density at radius 2 is 1.90 bits per heavy atom. The summed E-state index contributed by atoms with van der Waals surface area (Å²) in [5.41, 5.74) is 1.92. The van der Waals surface area contributed by atoms with Crippen molar-refractivity contribution in [2.24, 2.45) is 0 Å². The van der Waals surface area contributed by atoms with Gasteiger partial charge in [0.2, 0.25) is 0 Å². The fourth-order valence-corrected chi connectivity index (χ4v) is 5.37. The quantitative estimate of drug-likeness (QED) is 0.286. The van der Waals surface area contributed by atoms with Gasteiger partial charge in [0.25, 0.3) is 11.3 Å². The highest BCUT2D eigenvalue weighted by Crippen LogP contribution is 2.40. The number of nitrogens with zero attached hydrogens (tertiary/aromatic N) is 4. The van der Waals surface area contributed by atoms with Crippen LogP contribution < -0.4 is 15.5 Å². The van der Waals surface area contributed by atoms with Crippen LogP contribution in [0.2, 0.25) is 0 Å². The van der Waals surface area contributed by atoms with Crippen LogP contribution in [-0.4, -0.2) is 31.8 Å². The second kappa shape index (κ2) is 11.5. The van der Waals surface area contributed by atoms with Gasteiger partial charge < -0.3 is 14.6 Å². The molecule has 0 aliphatic heterocycles. The molecule has 8 nitrogen and oxygen atoms in total. The fraction of sp³-hybridized carbons (Fsp3) is 0.290. The second-order valence-corrected chi connectivity index (χ2v) is 10.0. The van der Waals surface area contributed by atoms with Gasteiger partial charge in [-0.05, 0) is 42.5 Å². The van der Waals surface area contributed by atoms with Crippen molar-refractivity contribution >= 4 is 16.9 Å². The zero-order chi connectivity index (χ0) is 27.2. The summed E-state index contributed by atoms with van der Waals surface area (Å²) in [6.07, 6.45) is 13.8. The molecule has 1 fully saturated rings. The highest BCUT2D eigenvalue weighted by Gasteiger charge is 2.38. The number of allylic oxidation sites excluding steroid dienone is 1. The van der Waals surface area contributed by atoms with Gasteiger partial charge in [-0.25, -0.2) is 4.98 Å². The third-order valence-corrected chi connectivity index (χ3v) is 7.26. The minimum atomic E-state index is -0.554. The van der Waals surface area contributed by atoms with E-state index in [-0.39, 0.29) is 30.1 Å². The Kier molecular flexibility index (Phi) is 7.72. The van der Waals surface area contributed by atoms with Gasteiger partial charge in [0.15, 0.2) is 11.4 Å². The average Bonchev–Trinajstić information content (AvgIpc) is 3.60. The van der Waals surface area contributed by atoms with Gasteiger partial charge in [-0.1, -0.05) is 55.3 Å². The first-order valence-electron chi connectivity index (χ1n) is 13.3. The first-order chi connectivity index (χ1) is 19.0. The van der Waals surface area contributed by atoms with Crippen LogP contribution in [0, 0.1) is 0 Å². The Labute approximate surface area is 227 Å². The monoisotopic (exact) mass is 523 g/mol. The van der Waals surface area contributed by atoms with Crippen molar-refractivity contribution in [1.82, 2.24) is 24.6 Å². The first kappa shape index (κ1) is 26.2. The maximum atomic E-state index is 13.2. The third-order valence-electron chi connectivity index (χ3n) is 7.26. The predicted octanol–water partition coefficient (Wildman–Crippen LogP) is 4.79. The van der Waals surface area contributed by atoms with E-state index in [1.807, 2.05) is 42.6 Å². The molecule has 0 radical (unpaired) electrons. The molecule has 1 aromatic carbocycles. The number of fused-ring (bicyclic) bond motifs is 1. The van der Waals surface area contributed by atoms with E-state index in [0.717, 1.165) is 54.3 Å². The predicted molar refractivity (Wildman–Crippen MR) is 152 cm³/mol. The summed E-state index contributed by atoms with van der Waals surface area (Å²) in [7, 11) is 0. The van der Waals surface area contributed by atoms with E-state index in [2.05, 4.69) is 46.5 Å². The smallest absolute Gasteiger partial charge is 0.276 e. The fourth-order valence-electron chi connectivity index (χ4n) is 5.37. The van der Waals surface area contributed by atoms with E-state index in [1.165, 1.54) is 0 Å². The van der Waals surface area contributed by atoms with E-state index in [1.54, 1.807) is 17.0 Å². The highest BCUT2D eigenvalue weighted by atomic mass is 16.5. The molecule has 0 bridgehead atoms. The summed E-state index contributed by atoms with van der Waals surface area (Å²) in [5.74, 6) is -0.461. The summed E-state index contributed by atoms with van der Waals surface area (Å²) in [4.78, 5) is 30.9. The average molecular weight is 524 g/mol. The Balaban J connectivity index is 1.52. The molecular formula is C31H33N5O3. The van der Waals surface area contributed by atoms with Gasteiger partial charge in [0, 0.05) is 24.3 Å². The third kappa shape index (κ3) is 5.55. The van der Waals surface area contributed by atoms with Crippen molar-refractivity contribution in [3.8, 4) is 5.75 Å². The van der Waals surface area contributed by atoms with Crippen molar-refractivity contribution < 1.29 is 9.53 Å². The van der Waals surface area contributed by atoms with Crippen molar-refractivity contribution in [3.63, 3.8) is 0 Å². The summed E-state index contributed by atoms with van der Waals surface area (Å²) in [5, 5.41) is 8.26. The molecule has 200 valence electrons. The van der Waals surface area contributed by atoms with Crippen molar-refractivity contribution in [2.45, 2.75) is 50.8 Å². The summed E-state index contributed by atoms with van der Waals surface area (Å²) < 4.78 is 9.89. The molecule has 0 atom stereocenters. The van der Waals surface area contributed by atoms with E-state index in [4.69, 9.17) is 9.72 Å². The van der Waals surface area contributed by atoms with Crippen molar-refractivity contribution in [1.29, 1.82) is 0 Å². The number of amides is 1. The Bertz CT molecular complexity index is 1550. The standard InChI is InChI=1S/C31H33N5O3/c1-3-10-24-18-25-13-17-36(29(25)33-19-24)31(14-8-9-15-31)22-35-20-26(39-21-23-11-6-5-7-12-23)28(37)27(34-35)30(38)32-16-4-2/h3-7,11-13,17-20H,1-2,8-10,14-16,21-22H2,(H,32,38). The van der Waals surface area contributed by atoms with Gasteiger partial charge in [0.05, 0.1) is 18.3 Å². The molecule has 39 heavy (non-hydrogen) atoms. The number of ether oxygens (including phenoxy) is 1. The maximum Gasteiger partial charge on any atom is 0.276 e. The van der Waals surface area contributed by atoms with Crippen molar-refractivity contribution in [2.75, 3.05) is 6.54 Å². The van der Waals surface area contributed by atoms with Crippen LogP contribution in [0.15, 0.2) is 91.2 Å². The lowest BCUT2D eigenvalue weighted by Gasteiger charge is -2.32. The van der Waals surface area contributed by atoms with Gasteiger partial charge in [-0.3, -0.25) is 14.3 Å². The van der Waals surface area contributed by atoms with Crippen LogP contribution in [0.25, 0.3) is 11.0 Å². The van der Waals surface area contributed by atoms with Crippen LogP contribution in [0.5, 0.6) is 5.75 Å². The number of benzene rings is 1. The number of aromatic nitrogens is 4. The highest BCUT2D eigenvalue weighted by molar-refractivity contribution is 5.92. The lowest BCUT2D eigenvalue weighted by molar-refractivity contribution is 0.0947. The van der Waals surface area contributed by atoms with Gasteiger partial charge >= 0.3 is 0 Å². The Hall–Kier alpha value is -4.46. The molecule has 1 aliphatic carbocycles. The van der Waals surface area contributed by atoms with Gasteiger partial charge in [-0.15, -0.1) is 13.2 Å². The lowest BCUT2D eigenvalue weighted by atomic mass is 9.97. The number of carbonyl (C=O) groups is 1. The summed E-state index contributed by atoms with van der Waals surface area (Å²) in [6.45, 7) is 8.38. The lowest BCUT2D eigenvalue weighted by Crippen LogP contribution is -2.38. The first-order valence-corrected chi connectivity index (χ1v) is 13.3. The molecule has 3 heterocycles. The molecular weight excluding hydrogens is 490 g/mol. The van der Waals surface area contributed by atoms with E-state index >= 15 is 0 Å². The van der Waals surface area contributed by atoms with Crippen LogP contribution >= 0.6 is 0 Å². The van der Waals surface area contributed by atoms with Crippen LogP contribution in [0.3, 0.4) is 0 Å². The van der Waals surface area contributed by atoms with E-state index < -0.39 is 11.3 Å². The molecule has 1 amide bonds. The molecule has 4 aromatic rings. The number of nitrogens with one attached hydrogen (secondary N) is 1. The normalized spacial score (nSPS) is 14.3. The van der Waals surface area contributed by atoms with E-state index in [0.29, 0.717) is 6.54 Å². The molecule has 1 aliphatic rings. The molecule has 0 saturated heterocycles. The topological polar surface area (TPSA) is 91.0 Å². The number of hydrogen-bond donors (Lipinski definition) is 1. The minimum absolute atomic E-state index is 0.0929. The number of hydrogen-bond acceptors (Lipinski definition) is 5. The molecule has 1 saturated carbocycles. The Morgan fingerprint density at radius 1 is 1.10 bits per heavy atom. The van der Waals surface area contributed by atoms with Crippen LogP contribution in [0.4, 0.5) is 0 Å². The van der Waals surface area contributed by atoms with Crippen LogP contribution in [-0.2, 0) is 25.1 Å². The zero-order valence-electron chi connectivity index (χ0n) is 22.0. The molecule has 3 aromatic heterocycles. The van der Waals surface area contributed by atoms with Crippen molar-refractivity contribution in [3.05, 3.63) is 113 Å². The second-order valence-electron chi connectivity index (χ2n) is 10.0. The largest absolute Gasteiger partial charge is 0.483 e. The SMILES string of the molecule is C=CCNC(=O)c1nn(CC2(n3ccc4cc(CC=C)cnc43)CCCC2)cc(OCc2ccccc2)c1=O. The Morgan fingerprint density at radius 3 is 2.64 bits per heavy atom. The summed E-state index contributed by atoms with van der Waals surface area (Å²) >= 11 is 0. The number of carbonyl (C=O) groups excluding carboxylic acids is 1. The molecule has 5 rings (SSSR count). The van der Waals surface area contributed by atoms with Crippen LogP contribution in [0.1, 0.15) is 47.3 Å². The molecule has 0 spiro atoms. The molecule has 8 heteroatoms. The number of pyridine rings is 1. The minimum Gasteiger partial charge on any atom is -0.483 e. The number of rotatable bonds is 11. The molecule has 1 N–H and O–H groups in total. The van der Waals surface area contributed by atoms with Gasteiger partial charge in [-0.2, -0.15) is 5.10 Å².